The van der Waals surface area contributed by atoms with E-state index in [1.807, 2.05) is 60.7 Å². The molecule has 2 rings (SSSR count). The molecule has 1 atom stereocenters. The molecular weight excluding hydrogens is 320 g/mol. The third-order valence-corrected chi connectivity index (χ3v) is 3.82. The molecule has 0 aliphatic carbocycles. The summed E-state index contributed by atoms with van der Waals surface area (Å²) in [6.07, 6.45) is -0.161. The molecule has 6 heteroatoms. The van der Waals surface area contributed by atoms with Crippen LogP contribution in [0.25, 0.3) is 0 Å². The maximum Gasteiger partial charge on any atom is 0.326 e. The van der Waals surface area contributed by atoms with Crippen molar-refractivity contribution in [2.75, 3.05) is 0 Å². The molecule has 2 amide bonds. The van der Waals surface area contributed by atoms with Crippen molar-refractivity contribution in [3.63, 3.8) is 0 Å². The van der Waals surface area contributed by atoms with Gasteiger partial charge in [0, 0.05) is 6.42 Å². The summed E-state index contributed by atoms with van der Waals surface area (Å²) < 4.78 is 0. The van der Waals surface area contributed by atoms with Crippen LogP contribution in [0.3, 0.4) is 0 Å². The largest absolute Gasteiger partial charge is 0.480 e. The van der Waals surface area contributed by atoms with Crippen LogP contribution >= 0.6 is 0 Å². The predicted octanol–water partition coefficient (Wildman–Crippen LogP) is 1.65. The molecule has 0 bridgehead atoms. The van der Waals surface area contributed by atoms with Gasteiger partial charge < -0.3 is 16.2 Å². The Labute approximate surface area is 145 Å². The van der Waals surface area contributed by atoms with E-state index in [4.69, 9.17) is 5.73 Å². The van der Waals surface area contributed by atoms with Crippen molar-refractivity contribution in [1.82, 2.24) is 5.32 Å². The number of hydrogen-bond acceptors (Lipinski definition) is 3. The van der Waals surface area contributed by atoms with E-state index in [2.05, 4.69) is 5.32 Å². The number of benzene rings is 2. The lowest BCUT2D eigenvalue weighted by molar-refractivity contribution is -0.142. The van der Waals surface area contributed by atoms with Crippen molar-refractivity contribution >= 4 is 17.8 Å². The maximum absolute atomic E-state index is 12.8. The number of carboxylic acid groups (broad SMARTS) is 1. The van der Waals surface area contributed by atoms with Gasteiger partial charge in [0.05, 0.1) is 5.92 Å². The van der Waals surface area contributed by atoms with Crippen LogP contribution in [0.15, 0.2) is 60.7 Å². The fraction of sp³-hybridized carbons (Fsp3) is 0.211. The molecule has 0 spiro atoms. The number of carbonyl (C=O) groups is 3. The molecular formula is C19H20N2O4. The molecule has 0 aliphatic heterocycles. The summed E-state index contributed by atoms with van der Waals surface area (Å²) in [7, 11) is 0. The van der Waals surface area contributed by atoms with E-state index in [9.17, 15) is 19.5 Å². The zero-order valence-corrected chi connectivity index (χ0v) is 13.6. The van der Waals surface area contributed by atoms with Gasteiger partial charge in [-0.1, -0.05) is 60.7 Å². The molecule has 0 saturated heterocycles. The summed E-state index contributed by atoms with van der Waals surface area (Å²) >= 11 is 0. The average Bonchev–Trinajstić information content (AvgIpc) is 2.60. The Bertz CT molecular complexity index is 692. The Kier molecular flexibility index (Phi) is 6.28. The van der Waals surface area contributed by atoms with Crippen LogP contribution in [0.2, 0.25) is 0 Å². The highest BCUT2D eigenvalue weighted by molar-refractivity contribution is 5.90. The lowest BCUT2D eigenvalue weighted by Gasteiger charge is -2.21. The third kappa shape index (κ3) is 5.17. The second-order valence-electron chi connectivity index (χ2n) is 5.66. The van der Waals surface area contributed by atoms with Gasteiger partial charge in [0.15, 0.2) is 0 Å². The summed E-state index contributed by atoms with van der Waals surface area (Å²) in [5, 5.41) is 11.8. The number of carboxylic acids is 1. The van der Waals surface area contributed by atoms with Crippen LogP contribution in [0.4, 0.5) is 0 Å². The smallest absolute Gasteiger partial charge is 0.326 e. The Morgan fingerprint density at radius 3 is 1.80 bits per heavy atom. The number of rotatable bonds is 8. The highest BCUT2D eigenvalue weighted by Crippen LogP contribution is 2.25. The van der Waals surface area contributed by atoms with Gasteiger partial charge in [0.25, 0.3) is 0 Å². The first-order chi connectivity index (χ1) is 12.0. The maximum atomic E-state index is 12.8. The van der Waals surface area contributed by atoms with Gasteiger partial charge in [-0.05, 0) is 17.5 Å². The number of hydrogen-bond donors (Lipinski definition) is 3. The minimum absolute atomic E-state index is 0.0489. The quantitative estimate of drug-likeness (QED) is 0.679. The van der Waals surface area contributed by atoms with Gasteiger partial charge in [-0.25, -0.2) is 4.79 Å². The van der Waals surface area contributed by atoms with Crippen molar-refractivity contribution in [3.8, 4) is 0 Å². The Morgan fingerprint density at radius 2 is 1.40 bits per heavy atom. The van der Waals surface area contributed by atoms with Gasteiger partial charge >= 0.3 is 5.97 Å². The lowest BCUT2D eigenvalue weighted by Crippen LogP contribution is -2.43. The molecule has 4 N–H and O–H groups in total. The fourth-order valence-electron chi connectivity index (χ4n) is 2.59. The van der Waals surface area contributed by atoms with E-state index in [1.165, 1.54) is 0 Å². The molecule has 0 fully saturated rings. The van der Waals surface area contributed by atoms with E-state index < -0.39 is 29.7 Å². The van der Waals surface area contributed by atoms with Gasteiger partial charge in [-0.15, -0.1) is 0 Å². The highest BCUT2D eigenvalue weighted by Gasteiger charge is 2.27. The normalized spacial score (nSPS) is 11.7. The van der Waals surface area contributed by atoms with E-state index in [1.54, 1.807) is 0 Å². The molecule has 2 aromatic rings. The molecule has 130 valence electrons. The summed E-state index contributed by atoms with van der Waals surface area (Å²) in [6.45, 7) is 0. The Hall–Kier alpha value is -3.15. The van der Waals surface area contributed by atoms with Crippen LogP contribution in [0, 0.1) is 0 Å². The summed E-state index contributed by atoms with van der Waals surface area (Å²) in [5.41, 5.74) is 6.58. The molecule has 0 heterocycles. The van der Waals surface area contributed by atoms with Crippen LogP contribution in [0.5, 0.6) is 0 Å². The van der Waals surface area contributed by atoms with Crippen molar-refractivity contribution in [1.29, 1.82) is 0 Å². The number of nitrogens with two attached hydrogens (primary N) is 1. The monoisotopic (exact) mass is 340 g/mol. The summed E-state index contributed by atoms with van der Waals surface area (Å²) in [5.74, 6) is -2.88. The minimum atomic E-state index is -1.20. The minimum Gasteiger partial charge on any atom is -0.480 e. The molecule has 6 nitrogen and oxygen atoms in total. The van der Waals surface area contributed by atoms with Crippen molar-refractivity contribution in [2.45, 2.75) is 24.8 Å². The summed E-state index contributed by atoms with van der Waals surface area (Å²) in [6, 6.07) is 17.1. The first-order valence-corrected chi connectivity index (χ1v) is 7.90. The number of nitrogens with one attached hydrogen (secondary N) is 1. The first-order valence-electron chi connectivity index (χ1n) is 7.90. The van der Waals surface area contributed by atoms with E-state index in [0.717, 1.165) is 11.1 Å². The number of amides is 2. The standard InChI is InChI=1S/C19H20N2O4/c20-16(22)12-11-15(19(24)25)21-18(23)17(13-7-3-1-4-8-13)14-9-5-2-6-10-14/h1-10,15,17H,11-12H2,(H2,20,22)(H,21,23)(H,24,25)/t15-/m0/s1. The van der Waals surface area contributed by atoms with Crippen molar-refractivity contribution < 1.29 is 19.5 Å². The third-order valence-electron chi connectivity index (χ3n) is 3.82. The lowest BCUT2D eigenvalue weighted by atomic mass is 9.90. The molecule has 0 radical (unpaired) electrons. The number of primary amides is 1. The van der Waals surface area contributed by atoms with Gasteiger partial charge in [0.2, 0.25) is 11.8 Å². The van der Waals surface area contributed by atoms with E-state index >= 15 is 0 Å². The Balaban J connectivity index is 2.26. The van der Waals surface area contributed by atoms with Gasteiger partial charge in [-0.3, -0.25) is 9.59 Å². The van der Waals surface area contributed by atoms with Gasteiger partial charge in [-0.2, -0.15) is 0 Å². The molecule has 2 aromatic carbocycles. The zero-order valence-electron chi connectivity index (χ0n) is 13.6. The molecule has 25 heavy (non-hydrogen) atoms. The molecule has 0 unspecified atom stereocenters. The topological polar surface area (TPSA) is 109 Å². The summed E-state index contributed by atoms with van der Waals surface area (Å²) in [4.78, 5) is 35.1. The highest BCUT2D eigenvalue weighted by atomic mass is 16.4. The molecule has 0 aromatic heterocycles. The van der Waals surface area contributed by atoms with Crippen molar-refractivity contribution in [2.24, 2.45) is 5.73 Å². The van der Waals surface area contributed by atoms with E-state index in [0.29, 0.717) is 0 Å². The van der Waals surface area contributed by atoms with Gasteiger partial charge in [0.1, 0.15) is 6.04 Å². The fourth-order valence-corrected chi connectivity index (χ4v) is 2.59. The SMILES string of the molecule is NC(=O)CC[C@H](NC(=O)C(c1ccccc1)c1ccccc1)C(=O)O. The average molecular weight is 340 g/mol. The second kappa shape index (κ2) is 8.63. The second-order valence-corrected chi connectivity index (χ2v) is 5.66. The van der Waals surface area contributed by atoms with Crippen LogP contribution < -0.4 is 11.1 Å². The van der Waals surface area contributed by atoms with E-state index in [-0.39, 0.29) is 12.8 Å². The first kappa shape index (κ1) is 18.2. The molecule has 0 aliphatic rings. The zero-order chi connectivity index (χ0) is 18.2. The van der Waals surface area contributed by atoms with Crippen molar-refractivity contribution in [3.05, 3.63) is 71.8 Å². The number of aliphatic carboxylic acids is 1. The van der Waals surface area contributed by atoms with Crippen LogP contribution in [-0.2, 0) is 14.4 Å². The molecule has 0 saturated carbocycles. The van der Waals surface area contributed by atoms with Crippen LogP contribution in [-0.4, -0.2) is 28.9 Å². The Morgan fingerprint density at radius 1 is 0.920 bits per heavy atom. The predicted molar refractivity (Wildman–Crippen MR) is 92.7 cm³/mol. The van der Waals surface area contributed by atoms with Crippen LogP contribution in [0.1, 0.15) is 29.9 Å². The number of carbonyl (C=O) groups excluding carboxylic acids is 2.